The molecule has 0 bridgehead atoms. The summed E-state index contributed by atoms with van der Waals surface area (Å²) >= 11 is 0. The second-order valence-electron chi connectivity index (χ2n) is 2.42. The maximum atomic E-state index is 5.72. The Morgan fingerprint density at radius 2 is 1.53 bits per heavy atom. The number of nitrogen functional groups attached to an aromatic ring is 1. The molecule has 6 N–H and O–H groups in total. The van der Waals surface area contributed by atoms with Gasteiger partial charge in [0, 0.05) is 17.3 Å². The molecule has 6 heteroatoms. The van der Waals surface area contributed by atoms with Crippen molar-refractivity contribution in [1.29, 1.82) is 0 Å². The number of pyridine rings is 1. The number of rotatable bonds is 0. The maximum absolute atomic E-state index is 5.72. The number of hydrogen-bond donors (Lipinski definition) is 1. The molecule has 2 rings (SSSR count). The van der Waals surface area contributed by atoms with Crippen LogP contribution < -0.4 is 5.73 Å². The first-order chi connectivity index (χ1) is 5.38. The first-order valence-corrected chi connectivity index (χ1v) is 3.47. The molecule has 0 amide bonds. The van der Waals surface area contributed by atoms with Gasteiger partial charge in [-0.25, -0.2) is 0 Å². The van der Waals surface area contributed by atoms with Crippen molar-refractivity contribution in [2.75, 3.05) is 5.73 Å². The van der Waals surface area contributed by atoms with Crippen LogP contribution in [0.3, 0.4) is 0 Å². The van der Waals surface area contributed by atoms with Crippen LogP contribution in [0.1, 0.15) is 0 Å². The molecular weight excluding hydrogens is 328 g/mol. The third kappa shape index (κ3) is 4.13. The summed E-state index contributed by atoms with van der Waals surface area (Å²) in [6, 6.07) is 9.64. The van der Waals surface area contributed by atoms with E-state index in [4.69, 9.17) is 5.73 Å². The molecule has 0 fully saturated rings. The molecule has 2 aromatic rings. The lowest BCUT2D eigenvalue weighted by atomic mass is 10.2. The van der Waals surface area contributed by atoms with E-state index in [0.717, 1.165) is 16.6 Å². The number of aromatic nitrogens is 1. The highest BCUT2D eigenvalue weighted by molar-refractivity contribution is 8.93. The van der Waals surface area contributed by atoms with Crippen LogP contribution in [0, 0.1) is 0 Å². The second kappa shape index (κ2) is 8.60. The molecule has 0 aliphatic heterocycles. The highest BCUT2D eigenvalue weighted by Crippen LogP contribution is 2.16. The van der Waals surface area contributed by atoms with E-state index in [0.29, 0.717) is 0 Å². The summed E-state index contributed by atoms with van der Waals surface area (Å²) in [4.78, 5) is 4.16. The number of hydrogen-bond acceptors (Lipinski definition) is 2. The number of nitrogens with two attached hydrogens (primary N) is 1. The van der Waals surface area contributed by atoms with Gasteiger partial charge in [0.2, 0.25) is 0 Å². The molecule has 1 aromatic carbocycles. The van der Waals surface area contributed by atoms with Gasteiger partial charge in [0.15, 0.2) is 0 Å². The van der Waals surface area contributed by atoms with Crippen LogP contribution in [-0.2, 0) is 0 Å². The van der Waals surface area contributed by atoms with Crippen molar-refractivity contribution < 1.29 is 11.0 Å². The monoisotopic (exact) mass is 340 g/mol. The number of para-hydroxylation sites is 1. The number of benzene rings is 1. The Morgan fingerprint density at radius 3 is 2.13 bits per heavy atom. The van der Waals surface area contributed by atoms with Gasteiger partial charge in [0.05, 0.1) is 5.52 Å². The van der Waals surface area contributed by atoms with Crippen LogP contribution in [0.25, 0.3) is 10.9 Å². The van der Waals surface area contributed by atoms with Gasteiger partial charge in [0.25, 0.3) is 0 Å². The minimum Gasteiger partial charge on any atom is -0.412 e. The van der Waals surface area contributed by atoms with Crippen molar-refractivity contribution in [2.45, 2.75) is 0 Å². The molecule has 0 radical (unpaired) electrons. The number of halogens is 2. The van der Waals surface area contributed by atoms with Gasteiger partial charge >= 0.3 is 0 Å². The summed E-state index contributed by atoms with van der Waals surface area (Å²) in [5.74, 6) is 0. The molecule has 0 aliphatic rings. The Kier molecular flexibility index (Phi) is 11.4. The third-order valence-corrected chi connectivity index (χ3v) is 1.68. The van der Waals surface area contributed by atoms with Crippen LogP contribution in [0.5, 0.6) is 0 Å². The van der Waals surface area contributed by atoms with Crippen molar-refractivity contribution in [2.24, 2.45) is 0 Å². The molecule has 0 saturated carbocycles. The van der Waals surface area contributed by atoms with Gasteiger partial charge in [-0.15, -0.1) is 34.0 Å². The van der Waals surface area contributed by atoms with Gasteiger partial charge < -0.3 is 16.7 Å². The minimum atomic E-state index is 0. The fourth-order valence-corrected chi connectivity index (χ4v) is 1.12. The van der Waals surface area contributed by atoms with Crippen LogP contribution >= 0.6 is 34.0 Å². The van der Waals surface area contributed by atoms with Gasteiger partial charge in [-0.1, -0.05) is 18.2 Å². The van der Waals surface area contributed by atoms with E-state index < -0.39 is 0 Å². The van der Waals surface area contributed by atoms with E-state index in [-0.39, 0.29) is 44.9 Å². The molecule has 4 nitrogen and oxygen atoms in total. The fourth-order valence-electron chi connectivity index (χ4n) is 1.12. The summed E-state index contributed by atoms with van der Waals surface area (Å²) in [5, 5.41) is 1.02. The van der Waals surface area contributed by atoms with Gasteiger partial charge in [-0.05, 0) is 12.1 Å². The summed E-state index contributed by atoms with van der Waals surface area (Å²) in [7, 11) is 0. The van der Waals surface area contributed by atoms with E-state index in [1.165, 1.54) is 0 Å². The summed E-state index contributed by atoms with van der Waals surface area (Å²) < 4.78 is 0. The largest absolute Gasteiger partial charge is 0.412 e. The molecule has 0 spiro atoms. The molecule has 0 atom stereocenters. The Labute approximate surface area is 109 Å². The van der Waals surface area contributed by atoms with Gasteiger partial charge in [-0.3, -0.25) is 4.98 Å². The highest BCUT2D eigenvalue weighted by atomic mass is 79.9. The quantitative estimate of drug-likeness (QED) is 0.781. The topological polar surface area (TPSA) is 102 Å². The third-order valence-electron chi connectivity index (χ3n) is 1.68. The van der Waals surface area contributed by atoms with E-state index in [2.05, 4.69) is 4.98 Å². The predicted octanol–water partition coefficient (Wildman–Crippen LogP) is 1.32. The van der Waals surface area contributed by atoms with E-state index in [9.17, 15) is 0 Å². The molecule has 1 heterocycles. The zero-order valence-corrected chi connectivity index (χ0v) is 11.2. The van der Waals surface area contributed by atoms with Crippen LogP contribution in [-0.4, -0.2) is 15.9 Å². The Balaban J connectivity index is -0.000000360. The van der Waals surface area contributed by atoms with E-state index in [1.54, 1.807) is 6.20 Å². The van der Waals surface area contributed by atoms with Gasteiger partial charge in [-0.2, -0.15) is 0 Å². The van der Waals surface area contributed by atoms with Gasteiger partial charge in [0.1, 0.15) is 0 Å². The normalized spacial score (nSPS) is 7.47. The number of fused-ring (bicyclic) bond motifs is 1. The average molecular weight is 342 g/mol. The lowest BCUT2D eigenvalue weighted by molar-refractivity contribution is 0.823. The van der Waals surface area contributed by atoms with E-state index >= 15 is 0 Å². The smallest absolute Gasteiger partial charge is 0.0722 e. The lowest BCUT2D eigenvalue weighted by Gasteiger charge is -1.97. The molecular formula is C9H14Br2N2O2. The van der Waals surface area contributed by atoms with Crippen LogP contribution in [0.15, 0.2) is 36.5 Å². The molecule has 15 heavy (non-hydrogen) atoms. The van der Waals surface area contributed by atoms with Crippen LogP contribution in [0.4, 0.5) is 5.69 Å². The zero-order valence-electron chi connectivity index (χ0n) is 7.81. The molecule has 0 unspecified atom stereocenters. The van der Waals surface area contributed by atoms with Crippen molar-refractivity contribution in [3.8, 4) is 0 Å². The van der Waals surface area contributed by atoms with Crippen molar-refractivity contribution in [1.82, 2.24) is 4.98 Å². The molecule has 0 aliphatic carbocycles. The Morgan fingerprint density at radius 1 is 0.933 bits per heavy atom. The first kappa shape index (κ1) is 19.8. The number of nitrogens with zero attached hydrogens (tertiary/aromatic N) is 1. The minimum absolute atomic E-state index is 0. The predicted molar refractivity (Wildman–Crippen MR) is 74.0 cm³/mol. The summed E-state index contributed by atoms with van der Waals surface area (Å²) in [5.41, 5.74) is 7.46. The fraction of sp³-hybridized carbons (Fsp3) is 0. The van der Waals surface area contributed by atoms with Crippen molar-refractivity contribution >= 4 is 50.6 Å². The molecule has 86 valence electrons. The molecule has 0 saturated heterocycles. The standard InChI is InChI=1S/C9H8N2.2BrH.2H2O/c10-8-5-6-11-9-4-2-1-3-7(8)9;;;;/h1-6H,(H2,10,11);2*1H;2*1H2. The second-order valence-corrected chi connectivity index (χ2v) is 2.42. The zero-order chi connectivity index (χ0) is 7.68. The first-order valence-electron chi connectivity index (χ1n) is 3.47. The summed E-state index contributed by atoms with van der Waals surface area (Å²) in [6.07, 6.45) is 1.72. The number of anilines is 1. The average Bonchev–Trinajstić information content (AvgIpc) is 2.06. The van der Waals surface area contributed by atoms with Crippen LogP contribution in [0.2, 0.25) is 0 Å². The molecule has 1 aromatic heterocycles. The van der Waals surface area contributed by atoms with Crippen molar-refractivity contribution in [3.63, 3.8) is 0 Å². The lowest BCUT2D eigenvalue weighted by Crippen LogP contribution is -1.87. The Bertz CT molecular complexity index is 393. The Hall–Kier alpha value is -0.690. The SMILES string of the molecule is Br.Br.Nc1ccnc2ccccc12.O.O. The van der Waals surface area contributed by atoms with Crippen molar-refractivity contribution in [3.05, 3.63) is 36.5 Å². The highest BCUT2D eigenvalue weighted by Gasteiger charge is 1.94. The van der Waals surface area contributed by atoms with E-state index in [1.807, 2.05) is 30.3 Å². The maximum Gasteiger partial charge on any atom is 0.0722 e. The summed E-state index contributed by atoms with van der Waals surface area (Å²) in [6.45, 7) is 0.